The van der Waals surface area contributed by atoms with Crippen molar-refractivity contribution < 1.29 is 20.1 Å². The molecule has 0 atom stereocenters. The van der Waals surface area contributed by atoms with E-state index in [9.17, 15) is 0 Å². The predicted molar refractivity (Wildman–Crippen MR) is 130 cm³/mol. The monoisotopic (exact) mass is 600 g/mol. The molecular formula is C29H31IrN2-. The van der Waals surface area contributed by atoms with Gasteiger partial charge in [0.1, 0.15) is 0 Å². The molecule has 3 heteroatoms. The Morgan fingerprint density at radius 2 is 1.47 bits per heavy atom. The summed E-state index contributed by atoms with van der Waals surface area (Å²) < 4.78 is 2.36. The van der Waals surface area contributed by atoms with Crippen LogP contribution in [0.25, 0.3) is 28.1 Å². The second-order valence-electron chi connectivity index (χ2n) is 10.4. The molecule has 2 nitrogen and oxygen atoms in total. The number of fused-ring (bicyclic) bond motifs is 2. The van der Waals surface area contributed by atoms with Crippen molar-refractivity contribution in [2.75, 3.05) is 0 Å². The summed E-state index contributed by atoms with van der Waals surface area (Å²) in [6.45, 7) is 13.9. The van der Waals surface area contributed by atoms with E-state index in [-0.39, 0.29) is 30.9 Å². The topological polar surface area (TPSA) is 17.8 Å². The van der Waals surface area contributed by atoms with Crippen molar-refractivity contribution in [1.29, 1.82) is 0 Å². The van der Waals surface area contributed by atoms with Crippen LogP contribution in [-0.2, 0) is 30.9 Å². The van der Waals surface area contributed by atoms with Crippen LogP contribution in [-0.4, -0.2) is 9.55 Å². The number of para-hydroxylation sites is 1. The van der Waals surface area contributed by atoms with E-state index in [0.717, 1.165) is 16.9 Å². The van der Waals surface area contributed by atoms with Gasteiger partial charge in [-0.05, 0) is 71.9 Å². The molecule has 1 aromatic heterocycles. The minimum atomic E-state index is 0. The number of rotatable bonds is 2. The van der Waals surface area contributed by atoms with Crippen LogP contribution in [0.15, 0.2) is 54.6 Å². The Morgan fingerprint density at radius 3 is 2.06 bits per heavy atom. The molecule has 32 heavy (non-hydrogen) atoms. The summed E-state index contributed by atoms with van der Waals surface area (Å²) >= 11 is 0. The van der Waals surface area contributed by atoms with Gasteiger partial charge in [0.25, 0.3) is 0 Å². The summed E-state index contributed by atoms with van der Waals surface area (Å²) in [5, 5.41) is 0. The number of hydrogen-bond acceptors (Lipinski definition) is 1. The van der Waals surface area contributed by atoms with Crippen molar-refractivity contribution in [2.24, 2.45) is 0 Å². The van der Waals surface area contributed by atoms with Crippen LogP contribution in [0.3, 0.4) is 0 Å². The predicted octanol–water partition coefficient (Wildman–Crippen LogP) is 7.46. The van der Waals surface area contributed by atoms with Crippen LogP contribution in [0, 0.1) is 19.9 Å². The van der Waals surface area contributed by atoms with E-state index in [0.29, 0.717) is 0 Å². The van der Waals surface area contributed by atoms with Crippen molar-refractivity contribution in [3.05, 3.63) is 82.9 Å². The number of benzene rings is 3. The zero-order valence-corrected chi connectivity index (χ0v) is 22.2. The molecule has 0 spiro atoms. The minimum absolute atomic E-state index is 0. The second kappa shape index (κ2) is 7.97. The first-order valence-corrected chi connectivity index (χ1v) is 11.3. The molecule has 0 N–H and O–H groups in total. The van der Waals surface area contributed by atoms with Crippen molar-refractivity contribution in [3.8, 4) is 17.1 Å². The molecule has 0 saturated heterocycles. The summed E-state index contributed by atoms with van der Waals surface area (Å²) in [5.41, 5.74) is 10.3. The molecule has 1 heterocycles. The van der Waals surface area contributed by atoms with Crippen molar-refractivity contribution >= 4 is 11.0 Å². The van der Waals surface area contributed by atoms with Crippen LogP contribution in [0.2, 0.25) is 0 Å². The fourth-order valence-electron chi connectivity index (χ4n) is 5.24. The number of imidazole rings is 1. The first-order valence-electron chi connectivity index (χ1n) is 11.3. The molecule has 0 saturated carbocycles. The van der Waals surface area contributed by atoms with Gasteiger partial charge in [0.05, 0.1) is 16.9 Å². The van der Waals surface area contributed by atoms with E-state index in [2.05, 4.69) is 94.6 Å². The summed E-state index contributed by atoms with van der Waals surface area (Å²) in [6, 6.07) is 22.9. The third-order valence-electron chi connectivity index (χ3n) is 7.24. The molecule has 5 rings (SSSR count). The van der Waals surface area contributed by atoms with Crippen molar-refractivity contribution in [3.63, 3.8) is 0 Å². The fraction of sp³-hybridized carbons (Fsp3) is 0.345. The van der Waals surface area contributed by atoms with E-state index < -0.39 is 0 Å². The molecule has 0 fully saturated rings. The molecule has 1 aliphatic carbocycles. The van der Waals surface area contributed by atoms with Crippen LogP contribution >= 0.6 is 0 Å². The van der Waals surface area contributed by atoms with Crippen molar-refractivity contribution in [2.45, 2.75) is 65.2 Å². The molecule has 0 bridgehead atoms. The van der Waals surface area contributed by atoms with E-state index in [1.165, 1.54) is 46.3 Å². The molecule has 1 radical (unpaired) electrons. The Labute approximate surface area is 205 Å². The van der Waals surface area contributed by atoms with E-state index in [1.807, 2.05) is 12.1 Å². The standard InChI is InChI=1S/C29H31N2.Ir/c1-19-11-10-12-20(2)26(19)31-25-18-23-22(28(3,4)15-16-29(23,5)6)17-24(25)30-27(31)21-13-8-7-9-14-21;/h7-13,17-18H,15-16H2,1-6H3;/q-1;. The molecule has 1 aliphatic rings. The Morgan fingerprint density at radius 1 is 0.844 bits per heavy atom. The van der Waals surface area contributed by atoms with Gasteiger partial charge >= 0.3 is 0 Å². The van der Waals surface area contributed by atoms with Gasteiger partial charge in [-0.2, -0.15) is 0 Å². The number of nitrogens with zero attached hydrogens (tertiary/aromatic N) is 2. The van der Waals surface area contributed by atoms with Crippen LogP contribution in [0.4, 0.5) is 0 Å². The van der Waals surface area contributed by atoms with Crippen LogP contribution < -0.4 is 0 Å². The molecule has 0 aliphatic heterocycles. The Bertz CT molecular complexity index is 1280. The summed E-state index contributed by atoms with van der Waals surface area (Å²) in [7, 11) is 0. The zero-order valence-electron chi connectivity index (χ0n) is 19.8. The number of hydrogen-bond donors (Lipinski definition) is 0. The molecular weight excluding hydrogens is 569 g/mol. The van der Waals surface area contributed by atoms with Gasteiger partial charge in [0, 0.05) is 25.8 Å². The zero-order chi connectivity index (χ0) is 22.0. The van der Waals surface area contributed by atoms with Gasteiger partial charge < -0.3 is 4.57 Å². The second-order valence-corrected chi connectivity index (χ2v) is 10.4. The normalized spacial score (nSPS) is 16.4. The SMILES string of the molecule is Cc1cccc(C)c1-n1c(-c2[c-]cccc2)nc2cc3c(cc21)C(C)(C)CCC3(C)C.[Ir]. The van der Waals surface area contributed by atoms with Crippen molar-refractivity contribution in [1.82, 2.24) is 9.55 Å². The maximum absolute atomic E-state index is 5.19. The van der Waals surface area contributed by atoms with Gasteiger partial charge in [-0.3, -0.25) is 4.98 Å². The Kier molecular flexibility index (Phi) is 5.72. The average Bonchev–Trinajstić information content (AvgIpc) is 3.10. The van der Waals surface area contributed by atoms with Gasteiger partial charge in [-0.1, -0.05) is 45.9 Å². The third-order valence-corrected chi connectivity index (χ3v) is 7.24. The quantitative estimate of drug-likeness (QED) is 0.219. The summed E-state index contributed by atoms with van der Waals surface area (Å²) in [6.07, 6.45) is 2.41. The summed E-state index contributed by atoms with van der Waals surface area (Å²) in [5.74, 6) is 0.964. The number of aryl methyl sites for hydroxylation is 2. The maximum Gasteiger partial charge on any atom is 0.0777 e. The molecule has 167 valence electrons. The maximum atomic E-state index is 5.19. The van der Waals surface area contributed by atoms with E-state index >= 15 is 0 Å². The van der Waals surface area contributed by atoms with Gasteiger partial charge in [-0.25, -0.2) is 0 Å². The number of aromatic nitrogens is 2. The van der Waals surface area contributed by atoms with Gasteiger partial charge in [0.15, 0.2) is 0 Å². The molecule has 3 aromatic carbocycles. The largest absolute Gasteiger partial charge is 0.333 e. The third kappa shape index (κ3) is 3.56. The molecule has 4 aromatic rings. The van der Waals surface area contributed by atoms with Gasteiger partial charge in [-0.15, -0.1) is 35.9 Å². The molecule has 0 amide bonds. The molecule has 0 unspecified atom stereocenters. The smallest absolute Gasteiger partial charge is 0.0777 e. The van der Waals surface area contributed by atoms with E-state index in [4.69, 9.17) is 4.98 Å². The van der Waals surface area contributed by atoms with Crippen LogP contribution in [0.1, 0.15) is 62.8 Å². The Balaban J connectivity index is 0.00000245. The van der Waals surface area contributed by atoms with E-state index in [1.54, 1.807) is 0 Å². The fourth-order valence-corrected chi connectivity index (χ4v) is 5.24. The average molecular weight is 600 g/mol. The first-order chi connectivity index (χ1) is 14.7. The van der Waals surface area contributed by atoms with Crippen LogP contribution in [0.5, 0.6) is 0 Å². The van der Waals surface area contributed by atoms with Gasteiger partial charge in [0.2, 0.25) is 0 Å². The summed E-state index contributed by atoms with van der Waals surface area (Å²) in [4.78, 5) is 5.19. The first kappa shape index (κ1) is 23.0. The Hall–Kier alpha value is -2.22. The minimum Gasteiger partial charge on any atom is -0.333 e.